The van der Waals surface area contributed by atoms with E-state index in [1.165, 1.54) is 19.3 Å². The van der Waals surface area contributed by atoms with Crippen LogP contribution in [0, 0.1) is 7.14 Å². The lowest BCUT2D eigenvalue weighted by molar-refractivity contribution is -0.597. The Bertz CT molecular complexity index is 880. The second-order valence-electron chi connectivity index (χ2n) is 4.71. The highest BCUT2D eigenvalue weighted by atomic mass is 127. The van der Waals surface area contributed by atoms with Crippen LogP contribution in [0.1, 0.15) is 0 Å². The van der Waals surface area contributed by atoms with Gasteiger partial charge in [0.15, 0.2) is 7.14 Å². The van der Waals surface area contributed by atoms with Gasteiger partial charge in [0.1, 0.15) is 10.1 Å². The first-order valence-corrected chi connectivity index (χ1v) is 11.3. The molecule has 0 aromatic heterocycles. The van der Waals surface area contributed by atoms with E-state index in [1.54, 1.807) is 0 Å². The van der Waals surface area contributed by atoms with Gasteiger partial charge >= 0.3 is 21.2 Å². The molecule has 3 aromatic rings. The third kappa shape index (κ3) is 6.95. The zero-order valence-corrected chi connectivity index (χ0v) is 17.3. The zero-order chi connectivity index (χ0) is 18.3. The van der Waals surface area contributed by atoms with Crippen LogP contribution in [-0.4, -0.2) is 13.0 Å². The van der Waals surface area contributed by atoms with E-state index in [1.807, 2.05) is 0 Å². The fourth-order valence-corrected chi connectivity index (χ4v) is 5.23. The van der Waals surface area contributed by atoms with Crippen LogP contribution in [0.5, 0.6) is 0 Å². The largest absolute Gasteiger partial charge is 0.744 e. The summed E-state index contributed by atoms with van der Waals surface area (Å²) in [4.78, 5) is -0.489. The summed E-state index contributed by atoms with van der Waals surface area (Å²) in [5.74, 6) is 0. The molecule has 0 unspecified atom stereocenters. The minimum absolute atomic E-state index is 0.0287. The standard InChI is InChI=1S/C12H10I.C6H4Cl2O3S/c1-3-7-11(8-4-1)13-12-9-5-2-6-10-12;7-4-1-2-5(8)6(3-4)12(9,10)11/h1-10H;1-3H,(H,9,10,11)/q+1;/p-1. The summed E-state index contributed by atoms with van der Waals surface area (Å²) in [6, 6.07) is 25.1. The second kappa shape index (κ2) is 9.54. The molecular formula is C18H13Cl2IO3S. The van der Waals surface area contributed by atoms with E-state index in [0.717, 1.165) is 6.07 Å². The maximum Gasteiger partial charge on any atom is 0.357 e. The number of hydrogen-bond donors (Lipinski definition) is 0. The summed E-state index contributed by atoms with van der Waals surface area (Å²) < 4.78 is 34.5. The van der Waals surface area contributed by atoms with Crippen LogP contribution in [0.2, 0.25) is 10.0 Å². The Morgan fingerprint density at radius 3 is 1.64 bits per heavy atom. The summed E-state index contributed by atoms with van der Waals surface area (Å²) in [7, 11) is -4.52. The molecular weight excluding hydrogens is 494 g/mol. The van der Waals surface area contributed by atoms with Crippen LogP contribution < -0.4 is 21.2 Å². The zero-order valence-electron chi connectivity index (χ0n) is 12.8. The summed E-state index contributed by atoms with van der Waals surface area (Å²) in [5, 5.41) is 0.0447. The molecule has 0 bridgehead atoms. The Balaban J connectivity index is 0.000000181. The van der Waals surface area contributed by atoms with Crippen molar-refractivity contribution in [2.45, 2.75) is 4.90 Å². The maximum absolute atomic E-state index is 10.5. The average molecular weight is 507 g/mol. The normalized spacial score (nSPS) is 10.7. The Morgan fingerprint density at radius 2 is 1.24 bits per heavy atom. The Labute approximate surface area is 167 Å². The molecule has 0 saturated heterocycles. The molecule has 0 saturated carbocycles. The van der Waals surface area contributed by atoms with Crippen molar-refractivity contribution in [1.29, 1.82) is 0 Å². The molecule has 25 heavy (non-hydrogen) atoms. The Hall–Kier alpha value is -1.12. The quantitative estimate of drug-likeness (QED) is 0.401. The molecule has 0 atom stereocenters. The molecule has 0 N–H and O–H groups in total. The van der Waals surface area contributed by atoms with Crippen molar-refractivity contribution in [2.75, 3.05) is 0 Å². The molecule has 3 aromatic carbocycles. The third-order valence-corrected chi connectivity index (χ3v) is 7.08. The lowest BCUT2D eigenvalue weighted by Crippen LogP contribution is -3.61. The van der Waals surface area contributed by atoms with Gasteiger partial charge in [0.25, 0.3) is 0 Å². The first-order valence-electron chi connectivity index (χ1n) is 7.02. The molecule has 0 heterocycles. The molecule has 0 aliphatic carbocycles. The molecule has 0 fully saturated rings. The van der Waals surface area contributed by atoms with Gasteiger partial charge < -0.3 is 4.55 Å². The predicted octanol–water partition coefficient (Wildman–Crippen LogP) is 1.71. The van der Waals surface area contributed by atoms with Gasteiger partial charge in [-0.05, 0) is 42.5 Å². The van der Waals surface area contributed by atoms with Gasteiger partial charge in [-0.3, -0.25) is 0 Å². The summed E-state index contributed by atoms with van der Waals surface area (Å²) in [6.07, 6.45) is 0. The molecule has 7 heteroatoms. The highest BCUT2D eigenvalue weighted by Crippen LogP contribution is 2.24. The second-order valence-corrected chi connectivity index (χ2v) is 9.94. The van der Waals surface area contributed by atoms with E-state index < -0.39 is 15.0 Å². The van der Waals surface area contributed by atoms with Gasteiger partial charge in [-0.1, -0.05) is 59.6 Å². The van der Waals surface area contributed by atoms with Gasteiger partial charge in [-0.15, -0.1) is 0 Å². The van der Waals surface area contributed by atoms with Crippen molar-refractivity contribution >= 4 is 33.3 Å². The Kier molecular flexibility index (Phi) is 7.71. The highest BCUT2D eigenvalue weighted by Gasteiger charge is 2.12. The van der Waals surface area contributed by atoms with Crippen LogP contribution in [0.15, 0.2) is 83.8 Å². The monoisotopic (exact) mass is 506 g/mol. The van der Waals surface area contributed by atoms with Crippen LogP contribution in [0.3, 0.4) is 0 Å². The number of hydrogen-bond acceptors (Lipinski definition) is 3. The summed E-state index contributed by atoms with van der Waals surface area (Å²) >= 11 is 10.9. The van der Waals surface area contributed by atoms with Crippen LogP contribution in [0.25, 0.3) is 0 Å². The Morgan fingerprint density at radius 1 is 0.760 bits per heavy atom. The maximum atomic E-state index is 10.5. The van der Waals surface area contributed by atoms with E-state index >= 15 is 0 Å². The van der Waals surface area contributed by atoms with E-state index in [9.17, 15) is 13.0 Å². The first kappa shape index (κ1) is 20.2. The van der Waals surface area contributed by atoms with E-state index in [4.69, 9.17) is 23.2 Å². The molecule has 0 aliphatic heterocycles. The van der Waals surface area contributed by atoms with Gasteiger partial charge in [-0.25, -0.2) is 8.42 Å². The van der Waals surface area contributed by atoms with Crippen molar-refractivity contribution in [1.82, 2.24) is 0 Å². The molecule has 0 radical (unpaired) electrons. The molecule has 130 valence electrons. The third-order valence-electron chi connectivity index (χ3n) is 2.85. The smallest absolute Gasteiger partial charge is 0.357 e. The topological polar surface area (TPSA) is 57.2 Å². The number of benzene rings is 3. The lowest BCUT2D eigenvalue weighted by Gasteiger charge is -2.08. The van der Waals surface area contributed by atoms with Crippen molar-refractivity contribution in [2.24, 2.45) is 0 Å². The van der Waals surface area contributed by atoms with E-state index in [2.05, 4.69) is 60.7 Å². The van der Waals surface area contributed by atoms with E-state index in [-0.39, 0.29) is 31.3 Å². The van der Waals surface area contributed by atoms with Crippen LogP contribution in [-0.2, 0) is 10.1 Å². The van der Waals surface area contributed by atoms with Crippen molar-refractivity contribution < 1.29 is 34.2 Å². The van der Waals surface area contributed by atoms with Crippen LogP contribution in [0.4, 0.5) is 0 Å². The van der Waals surface area contributed by atoms with Crippen molar-refractivity contribution in [3.63, 3.8) is 0 Å². The van der Waals surface area contributed by atoms with Crippen LogP contribution >= 0.6 is 23.2 Å². The van der Waals surface area contributed by atoms with Crippen molar-refractivity contribution in [3.8, 4) is 0 Å². The minimum Gasteiger partial charge on any atom is -0.744 e. The lowest BCUT2D eigenvalue weighted by atomic mass is 10.4. The van der Waals surface area contributed by atoms with Gasteiger partial charge in [0, 0.05) is 5.02 Å². The van der Waals surface area contributed by atoms with Crippen molar-refractivity contribution in [3.05, 3.63) is 96.0 Å². The van der Waals surface area contributed by atoms with Gasteiger partial charge in [0.2, 0.25) is 0 Å². The average Bonchev–Trinajstić information content (AvgIpc) is 2.59. The fourth-order valence-electron chi connectivity index (χ4n) is 1.75. The predicted molar refractivity (Wildman–Crippen MR) is 94.7 cm³/mol. The number of halogens is 3. The van der Waals surface area contributed by atoms with E-state index in [0.29, 0.717) is 0 Å². The van der Waals surface area contributed by atoms with Gasteiger partial charge in [0.05, 0.1) is 9.92 Å². The fraction of sp³-hybridized carbons (Fsp3) is 0. The molecule has 0 aliphatic rings. The number of rotatable bonds is 3. The SMILES string of the molecule is O=S(=O)([O-])c1cc(Cl)ccc1Cl.c1ccc([I+]c2ccccc2)cc1. The minimum atomic E-state index is -4.52. The molecule has 0 amide bonds. The van der Waals surface area contributed by atoms with Gasteiger partial charge in [-0.2, -0.15) is 0 Å². The molecule has 3 rings (SSSR count). The highest BCUT2D eigenvalue weighted by molar-refractivity contribution is 7.85. The first-order chi connectivity index (χ1) is 11.9. The summed E-state index contributed by atoms with van der Waals surface area (Å²) in [6.45, 7) is 0. The summed E-state index contributed by atoms with van der Waals surface area (Å²) in [5.41, 5.74) is 0. The molecule has 3 nitrogen and oxygen atoms in total. The molecule has 0 spiro atoms.